The normalized spacial score (nSPS) is 10.7. The zero-order valence-electron chi connectivity index (χ0n) is 9.61. The molecule has 0 aliphatic heterocycles. The lowest BCUT2D eigenvalue weighted by atomic mass is 10.2. The lowest BCUT2D eigenvalue weighted by Gasteiger charge is -1.95. The molecule has 0 fully saturated rings. The van der Waals surface area contributed by atoms with Gasteiger partial charge in [-0.3, -0.25) is 4.98 Å². The van der Waals surface area contributed by atoms with Gasteiger partial charge in [0.1, 0.15) is 0 Å². The van der Waals surface area contributed by atoms with E-state index in [1.807, 2.05) is 17.8 Å². The van der Waals surface area contributed by atoms with E-state index in [0.29, 0.717) is 28.8 Å². The molecule has 90 valence electrons. The van der Waals surface area contributed by atoms with Crippen molar-refractivity contribution in [3.63, 3.8) is 0 Å². The highest BCUT2D eigenvalue weighted by Crippen LogP contribution is 2.21. The number of hydrogen-bond donors (Lipinski definition) is 1. The SMILES string of the molecule is Cn1ccnc1-c1noc(-c2cncc(N)c2)n1. The van der Waals surface area contributed by atoms with E-state index in [4.69, 9.17) is 10.3 Å². The maximum Gasteiger partial charge on any atom is 0.259 e. The number of hydrogen-bond acceptors (Lipinski definition) is 6. The number of nitrogens with zero attached hydrogens (tertiary/aromatic N) is 5. The summed E-state index contributed by atoms with van der Waals surface area (Å²) in [7, 11) is 1.86. The standard InChI is InChI=1S/C11H10N6O/c1-17-3-2-14-10(17)9-15-11(18-16-9)7-4-8(12)6-13-5-7/h2-6H,12H2,1H3. The number of aryl methyl sites for hydroxylation is 1. The van der Waals surface area contributed by atoms with Crippen molar-refractivity contribution in [1.29, 1.82) is 0 Å². The van der Waals surface area contributed by atoms with Crippen LogP contribution in [-0.2, 0) is 7.05 Å². The third kappa shape index (κ3) is 1.71. The van der Waals surface area contributed by atoms with Gasteiger partial charge in [0.05, 0.1) is 11.3 Å². The third-order valence-electron chi connectivity index (χ3n) is 2.45. The summed E-state index contributed by atoms with van der Waals surface area (Å²) in [5, 5.41) is 3.89. The molecular weight excluding hydrogens is 232 g/mol. The Morgan fingerprint density at radius 2 is 2.22 bits per heavy atom. The van der Waals surface area contributed by atoms with Crippen LogP contribution < -0.4 is 5.73 Å². The van der Waals surface area contributed by atoms with Crippen molar-refractivity contribution < 1.29 is 4.52 Å². The molecule has 0 aromatic carbocycles. The molecule has 0 aliphatic rings. The molecule has 3 rings (SSSR count). The van der Waals surface area contributed by atoms with Crippen molar-refractivity contribution >= 4 is 5.69 Å². The Morgan fingerprint density at radius 1 is 1.33 bits per heavy atom. The number of nitrogen functional groups attached to an aromatic ring is 1. The van der Waals surface area contributed by atoms with Crippen LogP contribution in [0, 0.1) is 0 Å². The predicted molar refractivity (Wildman–Crippen MR) is 64.1 cm³/mol. The molecule has 0 saturated heterocycles. The molecule has 2 N–H and O–H groups in total. The van der Waals surface area contributed by atoms with Crippen LogP contribution in [0.25, 0.3) is 23.1 Å². The minimum atomic E-state index is 0.368. The second-order valence-electron chi connectivity index (χ2n) is 3.79. The number of imidazole rings is 1. The van der Waals surface area contributed by atoms with E-state index in [-0.39, 0.29) is 0 Å². The highest BCUT2D eigenvalue weighted by Gasteiger charge is 2.13. The summed E-state index contributed by atoms with van der Waals surface area (Å²) >= 11 is 0. The Morgan fingerprint density at radius 3 is 2.94 bits per heavy atom. The van der Waals surface area contributed by atoms with E-state index in [2.05, 4.69) is 20.1 Å². The van der Waals surface area contributed by atoms with Crippen LogP contribution in [-0.4, -0.2) is 24.7 Å². The van der Waals surface area contributed by atoms with E-state index < -0.39 is 0 Å². The van der Waals surface area contributed by atoms with E-state index in [1.165, 1.54) is 0 Å². The monoisotopic (exact) mass is 242 g/mol. The van der Waals surface area contributed by atoms with Gasteiger partial charge in [-0.25, -0.2) is 4.98 Å². The summed E-state index contributed by atoms with van der Waals surface area (Å²) in [5.74, 6) is 1.44. The molecule has 0 spiro atoms. The van der Waals surface area contributed by atoms with E-state index in [9.17, 15) is 0 Å². The lowest BCUT2D eigenvalue weighted by molar-refractivity contribution is 0.431. The van der Waals surface area contributed by atoms with Crippen LogP contribution in [0.1, 0.15) is 0 Å². The molecular formula is C11H10N6O. The summed E-state index contributed by atoms with van der Waals surface area (Å²) in [6.45, 7) is 0. The van der Waals surface area contributed by atoms with Crippen molar-refractivity contribution in [2.24, 2.45) is 7.05 Å². The Balaban J connectivity index is 2.02. The zero-order valence-corrected chi connectivity index (χ0v) is 9.61. The van der Waals surface area contributed by atoms with Gasteiger partial charge in [0.25, 0.3) is 5.89 Å². The van der Waals surface area contributed by atoms with Gasteiger partial charge in [0, 0.05) is 31.8 Å². The van der Waals surface area contributed by atoms with E-state index in [1.54, 1.807) is 24.7 Å². The average molecular weight is 242 g/mol. The molecule has 0 unspecified atom stereocenters. The van der Waals surface area contributed by atoms with Crippen molar-refractivity contribution in [2.45, 2.75) is 0 Å². The maximum atomic E-state index is 5.65. The minimum absolute atomic E-state index is 0.368. The Kier molecular flexibility index (Phi) is 2.30. The molecule has 0 aliphatic carbocycles. The number of aromatic nitrogens is 5. The predicted octanol–water partition coefficient (Wildman–Crippen LogP) is 1.11. The van der Waals surface area contributed by atoms with Gasteiger partial charge in [-0.1, -0.05) is 5.16 Å². The fourth-order valence-electron chi connectivity index (χ4n) is 1.59. The van der Waals surface area contributed by atoms with Crippen molar-refractivity contribution in [1.82, 2.24) is 24.7 Å². The largest absolute Gasteiger partial charge is 0.397 e. The summed E-state index contributed by atoms with van der Waals surface area (Å²) in [6, 6.07) is 1.72. The van der Waals surface area contributed by atoms with Crippen molar-refractivity contribution in [3.8, 4) is 23.1 Å². The van der Waals surface area contributed by atoms with Crippen molar-refractivity contribution in [3.05, 3.63) is 30.9 Å². The molecule has 3 heterocycles. The summed E-state index contributed by atoms with van der Waals surface area (Å²) in [4.78, 5) is 12.4. The second kappa shape index (κ2) is 3.95. The molecule has 7 heteroatoms. The minimum Gasteiger partial charge on any atom is -0.397 e. The van der Waals surface area contributed by atoms with Gasteiger partial charge >= 0.3 is 0 Å². The van der Waals surface area contributed by atoms with E-state index in [0.717, 1.165) is 0 Å². The molecule has 7 nitrogen and oxygen atoms in total. The molecule has 0 radical (unpaired) electrons. The summed E-state index contributed by atoms with van der Waals surface area (Å²) in [6.07, 6.45) is 6.66. The fraction of sp³-hybridized carbons (Fsp3) is 0.0909. The summed E-state index contributed by atoms with van der Waals surface area (Å²) < 4.78 is 6.99. The second-order valence-corrected chi connectivity index (χ2v) is 3.79. The van der Waals surface area contributed by atoms with Crippen LogP contribution in [0.4, 0.5) is 5.69 Å². The number of rotatable bonds is 2. The number of anilines is 1. The van der Waals surface area contributed by atoms with Gasteiger partial charge in [0.2, 0.25) is 5.82 Å². The van der Waals surface area contributed by atoms with Gasteiger partial charge < -0.3 is 14.8 Å². The Bertz CT molecular complexity index is 686. The Hall–Kier alpha value is -2.70. The van der Waals surface area contributed by atoms with Crippen molar-refractivity contribution in [2.75, 3.05) is 5.73 Å². The van der Waals surface area contributed by atoms with Crippen LogP contribution in [0.2, 0.25) is 0 Å². The molecule has 0 saturated carbocycles. The van der Waals surface area contributed by atoms with Gasteiger partial charge in [-0.15, -0.1) is 0 Å². The molecule has 0 bridgehead atoms. The molecule has 3 aromatic rings. The van der Waals surface area contributed by atoms with Crippen LogP contribution in [0.5, 0.6) is 0 Å². The van der Waals surface area contributed by atoms with Gasteiger partial charge in [0.15, 0.2) is 5.82 Å². The van der Waals surface area contributed by atoms with Gasteiger partial charge in [-0.2, -0.15) is 4.98 Å². The first kappa shape index (κ1) is 10.5. The zero-order chi connectivity index (χ0) is 12.5. The highest BCUT2D eigenvalue weighted by molar-refractivity contribution is 5.59. The lowest BCUT2D eigenvalue weighted by Crippen LogP contribution is -1.93. The smallest absolute Gasteiger partial charge is 0.259 e. The molecule has 0 atom stereocenters. The first-order valence-electron chi connectivity index (χ1n) is 5.26. The van der Waals surface area contributed by atoms with E-state index >= 15 is 0 Å². The first-order valence-corrected chi connectivity index (χ1v) is 5.26. The Labute approximate surface area is 102 Å². The number of pyridine rings is 1. The van der Waals surface area contributed by atoms with Crippen LogP contribution >= 0.6 is 0 Å². The first-order chi connectivity index (χ1) is 8.74. The third-order valence-corrected chi connectivity index (χ3v) is 2.45. The quantitative estimate of drug-likeness (QED) is 0.723. The molecule has 18 heavy (non-hydrogen) atoms. The maximum absolute atomic E-state index is 5.65. The van der Waals surface area contributed by atoms with Gasteiger partial charge in [-0.05, 0) is 6.07 Å². The fourth-order valence-corrected chi connectivity index (χ4v) is 1.59. The van der Waals surface area contributed by atoms with Crippen LogP contribution in [0.15, 0.2) is 35.4 Å². The highest BCUT2D eigenvalue weighted by atomic mass is 16.5. The number of nitrogens with two attached hydrogens (primary N) is 1. The molecule has 3 aromatic heterocycles. The topological polar surface area (TPSA) is 95.7 Å². The molecule has 0 amide bonds. The average Bonchev–Trinajstić information content (AvgIpc) is 2.97. The van der Waals surface area contributed by atoms with Crippen LogP contribution in [0.3, 0.4) is 0 Å². The summed E-state index contributed by atoms with van der Waals surface area (Å²) in [5.41, 5.74) is 6.88.